The lowest BCUT2D eigenvalue weighted by atomic mass is 10.3. The second-order valence-corrected chi connectivity index (χ2v) is 2.73. The molecule has 0 saturated heterocycles. The summed E-state index contributed by atoms with van der Waals surface area (Å²) in [4.78, 5) is 0. The van der Waals surface area contributed by atoms with Gasteiger partial charge in [0.15, 0.2) is 5.69 Å². The van der Waals surface area contributed by atoms with Crippen molar-refractivity contribution in [1.82, 2.24) is 9.78 Å². The first-order chi connectivity index (χ1) is 6.49. The quantitative estimate of drug-likeness (QED) is 0.671. The molecular weight excluding hydrogens is 193 g/mol. The van der Waals surface area contributed by atoms with Crippen LogP contribution in [0.15, 0.2) is 6.07 Å². The summed E-state index contributed by atoms with van der Waals surface area (Å²) < 4.78 is 37.9. The first-order valence-electron chi connectivity index (χ1n) is 4.06. The van der Waals surface area contributed by atoms with Gasteiger partial charge in [-0.2, -0.15) is 18.3 Å². The van der Waals surface area contributed by atoms with Crippen molar-refractivity contribution >= 4 is 0 Å². The zero-order chi connectivity index (χ0) is 10.8. The molecule has 1 aromatic rings. The molecule has 0 fully saturated rings. The lowest BCUT2D eigenvalue weighted by Gasteiger charge is -2.00. The molecule has 0 aromatic carbocycles. The van der Waals surface area contributed by atoms with Gasteiger partial charge in [-0.1, -0.05) is 12.8 Å². The predicted octanol–water partition coefficient (Wildman–Crippen LogP) is 2.10. The van der Waals surface area contributed by atoms with E-state index in [-0.39, 0.29) is 6.54 Å². The molecule has 0 aliphatic rings. The van der Waals surface area contributed by atoms with Crippen molar-refractivity contribution in [2.24, 2.45) is 0 Å². The molecule has 0 atom stereocenters. The minimum atomic E-state index is -4.40. The number of hydrogen-bond acceptors (Lipinski definition) is 1. The summed E-state index contributed by atoms with van der Waals surface area (Å²) in [7, 11) is 0. The van der Waals surface area contributed by atoms with Crippen LogP contribution >= 0.6 is 0 Å². The second kappa shape index (κ2) is 3.74. The van der Waals surface area contributed by atoms with Crippen molar-refractivity contribution in [3.63, 3.8) is 0 Å². The van der Waals surface area contributed by atoms with Gasteiger partial charge in [0, 0.05) is 5.69 Å². The Morgan fingerprint density at radius 1 is 1.57 bits per heavy atom. The highest BCUT2D eigenvalue weighted by atomic mass is 19.4. The summed E-state index contributed by atoms with van der Waals surface area (Å²) in [5.74, 6) is 2.26. The van der Waals surface area contributed by atoms with Gasteiger partial charge in [0.25, 0.3) is 0 Å². The number of alkyl halides is 3. The van der Waals surface area contributed by atoms with E-state index in [0.717, 1.165) is 6.07 Å². The van der Waals surface area contributed by atoms with E-state index in [1.54, 1.807) is 6.92 Å². The van der Waals surface area contributed by atoms with E-state index in [4.69, 9.17) is 6.42 Å². The molecule has 1 rings (SSSR count). The van der Waals surface area contributed by atoms with E-state index in [2.05, 4.69) is 11.0 Å². The maximum Gasteiger partial charge on any atom is 0.435 e. The molecule has 1 heterocycles. The molecular formula is C9H9F3N2. The SMILES string of the molecule is C#CCn1nc(C(F)(F)F)cc1CC. The number of hydrogen-bond donors (Lipinski definition) is 0. The van der Waals surface area contributed by atoms with E-state index in [9.17, 15) is 13.2 Å². The Hall–Kier alpha value is -1.44. The van der Waals surface area contributed by atoms with Gasteiger partial charge in [0.05, 0.1) is 0 Å². The summed E-state index contributed by atoms with van der Waals surface area (Å²) in [5, 5.41) is 3.39. The van der Waals surface area contributed by atoms with Crippen LogP contribution in [0.25, 0.3) is 0 Å². The number of terminal acetylenes is 1. The van der Waals surface area contributed by atoms with E-state index in [1.807, 2.05) is 0 Å². The first-order valence-corrected chi connectivity index (χ1v) is 4.06. The number of halogens is 3. The molecule has 76 valence electrons. The Bertz CT molecular complexity index is 357. The average Bonchev–Trinajstić information content (AvgIpc) is 2.47. The van der Waals surface area contributed by atoms with Crippen molar-refractivity contribution in [2.45, 2.75) is 26.1 Å². The number of aryl methyl sites for hydroxylation is 1. The molecule has 0 unspecified atom stereocenters. The number of nitrogens with zero attached hydrogens (tertiary/aromatic N) is 2. The van der Waals surface area contributed by atoms with Gasteiger partial charge in [0.2, 0.25) is 0 Å². The zero-order valence-corrected chi connectivity index (χ0v) is 7.60. The average molecular weight is 202 g/mol. The molecule has 0 amide bonds. The van der Waals surface area contributed by atoms with Crippen LogP contribution in [0, 0.1) is 12.3 Å². The Balaban J connectivity index is 3.08. The van der Waals surface area contributed by atoms with E-state index in [0.29, 0.717) is 12.1 Å². The molecule has 0 radical (unpaired) electrons. The van der Waals surface area contributed by atoms with Gasteiger partial charge in [-0.25, -0.2) is 0 Å². The van der Waals surface area contributed by atoms with Gasteiger partial charge in [-0.05, 0) is 12.5 Å². The number of aromatic nitrogens is 2. The molecule has 14 heavy (non-hydrogen) atoms. The third-order valence-corrected chi connectivity index (χ3v) is 1.76. The van der Waals surface area contributed by atoms with Crippen molar-refractivity contribution in [3.8, 4) is 12.3 Å². The monoisotopic (exact) mass is 202 g/mol. The number of rotatable bonds is 2. The minimum Gasteiger partial charge on any atom is -0.257 e. The van der Waals surface area contributed by atoms with Crippen LogP contribution in [0.4, 0.5) is 13.2 Å². The van der Waals surface area contributed by atoms with Crippen LogP contribution in [0.3, 0.4) is 0 Å². The minimum absolute atomic E-state index is 0.0687. The van der Waals surface area contributed by atoms with E-state index < -0.39 is 11.9 Å². The van der Waals surface area contributed by atoms with E-state index >= 15 is 0 Å². The van der Waals surface area contributed by atoms with E-state index in [1.165, 1.54) is 4.68 Å². The fourth-order valence-electron chi connectivity index (χ4n) is 1.10. The normalized spacial score (nSPS) is 11.4. The summed E-state index contributed by atoms with van der Waals surface area (Å²) in [6.07, 6.45) is 1.09. The molecule has 2 nitrogen and oxygen atoms in total. The maximum absolute atomic E-state index is 12.2. The van der Waals surface area contributed by atoms with Crippen LogP contribution in [-0.4, -0.2) is 9.78 Å². The van der Waals surface area contributed by atoms with Gasteiger partial charge < -0.3 is 0 Å². The third kappa shape index (κ3) is 2.08. The predicted molar refractivity (Wildman–Crippen MR) is 45.4 cm³/mol. The summed E-state index contributed by atoms with van der Waals surface area (Å²) >= 11 is 0. The van der Waals surface area contributed by atoms with Crippen LogP contribution in [0.5, 0.6) is 0 Å². The zero-order valence-electron chi connectivity index (χ0n) is 7.60. The second-order valence-electron chi connectivity index (χ2n) is 2.73. The molecule has 0 N–H and O–H groups in total. The standard InChI is InChI=1S/C9H9F3N2/c1-3-5-14-7(4-2)6-8(13-14)9(10,11)12/h1,6H,4-5H2,2H3. The molecule has 0 bridgehead atoms. The van der Waals surface area contributed by atoms with Gasteiger partial charge >= 0.3 is 6.18 Å². The first kappa shape index (κ1) is 10.6. The summed E-state index contributed by atoms with van der Waals surface area (Å²) in [5.41, 5.74) is -0.389. The fraction of sp³-hybridized carbons (Fsp3) is 0.444. The topological polar surface area (TPSA) is 17.8 Å². The highest BCUT2D eigenvalue weighted by molar-refractivity contribution is 5.14. The Morgan fingerprint density at radius 3 is 2.64 bits per heavy atom. The summed E-state index contributed by atoms with van der Waals surface area (Å²) in [6.45, 7) is 1.82. The Kier molecular flexibility index (Phi) is 2.84. The van der Waals surface area contributed by atoms with Crippen LogP contribution in [0.2, 0.25) is 0 Å². The van der Waals surface area contributed by atoms with Crippen LogP contribution in [0.1, 0.15) is 18.3 Å². The Morgan fingerprint density at radius 2 is 2.21 bits per heavy atom. The van der Waals surface area contributed by atoms with Crippen molar-refractivity contribution in [1.29, 1.82) is 0 Å². The van der Waals surface area contributed by atoms with Crippen molar-refractivity contribution in [3.05, 3.63) is 17.5 Å². The maximum atomic E-state index is 12.2. The van der Waals surface area contributed by atoms with Crippen LogP contribution in [-0.2, 0) is 19.1 Å². The van der Waals surface area contributed by atoms with Crippen molar-refractivity contribution < 1.29 is 13.2 Å². The highest BCUT2D eigenvalue weighted by Gasteiger charge is 2.34. The fourth-order valence-corrected chi connectivity index (χ4v) is 1.10. The molecule has 5 heteroatoms. The molecule has 0 saturated carbocycles. The van der Waals surface area contributed by atoms with Crippen molar-refractivity contribution in [2.75, 3.05) is 0 Å². The van der Waals surface area contributed by atoms with Gasteiger partial charge in [-0.15, -0.1) is 6.42 Å². The lowest BCUT2D eigenvalue weighted by molar-refractivity contribution is -0.141. The Labute approximate surface area is 79.7 Å². The molecule has 0 aliphatic carbocycles. The third-order valence-electron chi connectivity index (χ3n) is 1.76. The molecule has 0 spiro atoms. The smallest absolute Gasteiger partial charge is 0.257 e. The molecule has 1 aromatic heterocycles. The highest BCUT2D eigenvalue weighted by Crippen LogP contribution is 2.28. The largest absolute Gasteiger partial charge is 0.435 e. The van der Waals surface area contributed by atoms with Crippen LogP contribution < -0.4 is 0 Å². The lowest BCUT2D eigenvalue weighted by Crippen LogP contribution is -2.08. The summed E-state index contributed by atoms with van der Waals surface area (Å²) in [6, 6.07) is 1.03. The van der Waals surface area contributed by atoms with Gasteiger partial charge in [0.1, 0.15) is 6.54 Å². The molecule has 0 aliphatic heterocycles. The van der Waals surface area contributed by atoms with Gasteiger partial charge in [-0.3, -0.25) is 4.68 Å².